The first-order chi connectivity index (χ1) is 14.6. The lowest BCUT2D eigenvalue weighted by molar-refractivity contribution is -0.137. The normalized spacial score (nSPS) is 10.7. The minimum atomic E-state index is -0.773. The van der Waals surface area contributed by atoms with Crippen LogP contribution in [0.1, 0.15) is 89.9 Å². The molecule has 0 aliphatic heterocycles. The number of aryl methyl sites for hydroxylation is 1. The summed E-state index contributed by atoms with van der Waals surface area (Å²) in [5, 5.41) is 12.3. The van der Waals surface area contributed by atoms with Crippen molar-refractivity contribution in [3.05, 3.63) is 42.2 Å². The Hall–Kier alpha value is -2.57. The van der Waals surface area contributed by atoms with Crippen LogP contribution in [0.3, 0.4) is 0 Å². The molecule has 0 saturated heterocycles. The molecule has 2 aromatic rings. The van der Waals surface area contributed by atoms with E-state index < -0.39 is 5.97 Å². The van der Waals surface area contributed by atoms with Crippen molar-refractivity contribution in [2.75, 3.05) is 11.9 Å². The molecule has 0 radical (unpaired) electrons. The Morgan fingerprint density at radius 3 is 2.10 bits per heavy atom. The lowest BCUT2D eigenvalue weighted by Crippen LogP contribution is -2.08. The van der Waals surface area contributed by atoms with Crippen molar-refractivity contribution in [2.45, 2.75) is 85.5 Å². The molecule has 2 aromatic heterocycles. The Morgan fingerprint density at radius 2 is 1.50 bits per heavy atom. The first-order valence-corrected chi connectivity index (χ1v) is 11.2. The number of carboxylic acids is 1. The summed E-state index contributed by atoms with van der Waals surface area (Å²) in [6.45, 7) is 10.7. The smallest absolute Gasteiger partial charge is 0.303 e. The van der Waals surface area contributed by atoms with Crippen molar-refractivity contribution in [1.29, 1.82) is 0 Å². The molecule has 2 N–H and O–H groups in total. The summed E-state index contributed by atoms with van der Waals surface area (Å²) in [5.74, 6) is 0.594. The summed E-state index contributed by atoms with van der Waals surface area (Å²) >= 11 is 0. The van der Waals surface area contributed by atoms with E-state index in [2.05, 4.69) is 25.3 Å². The molecular weight excluding hydrogens is 378 g/mol. The number of hydrogen-bond donors (Lipinski definition) is 2. The highest BCUT2D eigenvalue weighted by Gasteiger charge is 2.16. The highest BCUT2D eigenvalue weighted by molar-refractivity contribution is 5.67. The maximum absolute atomic E-state index is 11.1. The Morgan fingerprint density at radius 1 is 0.933 bits per heavy atom. The predicted octanol–water partition coefficient (Wildman–Crippen LogP) is 5.64. The van der Waals surface area contributed by atoms with Crippen molar-refractivity contribution in [2.24, 2.45) is 0 Å². The van der Waals surface area contributed by atoms with Crippen LogP contribution in [0, 0.1) is 6.92 Å². The van der Waals surface area contributed by atoms with Gasteiger partial charge in [0.2, 0.25) is 5.95 Å². The standard InChI is InChI=1S/C19H27N5O2.2C2H6/c1-15-23-13-17(14-24-15)16(12-18(25)26)8-5-3-2-4-6-9-20-19-21-10-7-11-22-19;2*1-2/h7,10-11,13-14,16H,2-6,8-9,12H2,1H3,(H,25,26)(H,20,21,22);2*1-2H3. The zero-order chi connectivity index (χ0) is 22.6. The van der Waals surface area contributed by atoms with Gasteiger partial charge < -0.3 is 10.4 Å². The van der Waals surface area contributed by atoms with Gasteiger partial charge in [0.05, 0.1) is 6.42 Å². The SMILES string of the molecule is CC.CC.Cc1ncc(C(CCCCCCCNc2ncccn2)CC(=O)O)cn1. The fourth-order valence-corrected chi connectivity index (χ4v) is 2.85. The van der Waals surface area contributed by atoms with E-state index in [0.29, 0.717) is 11.8 Å². The molecule has 0 aliphatic rings. The van der Waals surface area contributed by atoms with Crippen LogP contribution in [0.5, 0.6) is 0 Å². The lowest BCUT2D eigenvalue weighted by Gasteiger charge is -2.14. The summed E-state index contributed by atoms with van der Waals surface area (Å²) in [5.41, 5.74) is 0.921. The van der Waals surface area contributed by atoms with Gasteiger partial charge in [0.1, 0.15) is 5.82 Å². The van der Waals surface area contributed by atoms with E-state index in [4.69, 9.17) is 5.11 Å². The summed E-state index contributed by atoms with van der Waals surface area (Å²) in [4.78, 5) is 27.7. The van der Waals surface area contributed by atoms with Crippen molar-refractivity contribution < 1.29 is 9.90 Å². The van der Waals surface area contributed by atoms with E-state index in [1.165, 1.54) is 0 Å². The molecule has 168 valence electrons. The van der Waals surface area contributed by atoms with E-state index in [1.54, 1.807) is 30.9 Å². The molecular formula is C23H39N5O2. The van der Waals surface area contributed by atoms with Crippen LogP contribution in [0.15, 0.2) is 30.9 Å². The quantitative estimate of drug-likeness (QED) is 0.431. The van der Waals surface area contributed by atoms with Crippen molar-refractivity contribution in [3.63, 3.8) is 0 Å². The zero-order valence-electron chi connectivity index (χ0n) is 19.3. The number of hydrogen-bond acceptors (Lipinski definition) is 6. The van der Waals surface area contributed by atoms with Crippen molar-refractivity contribution >= 4 is 11.9 Å². The molecule has 0 spiro atoms. The van der Waals surface area contributed by atoms with Gasteiger partial charge in [0.15, 0.2) is 0 Å². The Bertz CT molecular complexity index is 650. The second kappa shape index (κ2) is 18.5. The maximum Gasteiger partial charge on any atom is 0.303 e. The Kier molecular flexibility index (Phi) is 16.9. The number of carbonyl (C=O) groups is 1. The van der Waals surface area contributed by atoms with E-state index in [9.17, 15) is 4.79 Å². The number of aromatic nitrogens is 4. The maximum atomic E-state index is 11.1. The molecule has 0 aliphatic carbocycles. The Labute approximate surface area is 181 Å². The summed E-state index contributed by atoms with van der Waals surface area (Å²) in [7, 11) is 0. The van der Waals surface area contributed by atoms with E-state index in [-0.39, 0.29) is 12.3 Å². The molecule has 1 atom stereocenters. The molecule has 30 heavy (non-hydrogen) atoms. The third kappa shape index (κ3) is 12.8. The van der Waals surface area contributed by atoms with Crippen LogP contribution in [0.25, 0.3) is 0 Å². The number of nitrogens with zero attached hydrogens (tertiary/aromatic N) is 4. The summed E-state index contributed by atoms with van der Waals surface area (Å²) < 4.78 is 0. The molecule has 0 aromatic carbocycles. The van der Waals surface area contributed by atoms with Gasteiger partial charge in [-0.3, -0.25) is 4.79 Å². The van der Waals surface area contributed by atoms with E-state index >= 15 is 0 Å². The first kappa shape index (κ1) is 27.4. The second-order valence-electron chi connectivity index (χ2n) is 6.41. The minimum absolute atomic E-state index is 0.00926. The van der Waals surface area contributed by atoms with Crippen LogP contribution < -0.4 is 5.32 Å². The number of rotatable bonds is 12. The molecule has 7 heteroatoms. The van der Waals surface area contributed by atoms with Crippen LogP contribution in [-0.4, -0.2) is 37.6 Å². The average Bonchev–Trinajstić information content (AvgIpc) is 2.78. The average molecular weight is 418 g/mol. The molecule has 0 fully saturated rings. The van der Waals surface area contributed by atoms with Crippen LogP contribution in [0.2, 0.25) is 0 Å². The van der Waals surface area contributed by atoms with Crippen molar-refractivity contribution in [3.8, 4) is 0 Å². The third-order valence-corrected chi connectivity index (χ3v) is 4.27. The number of anilines is 1. The Balaban J connectivity index is 0.00000198. The van der Waals surface area contributed by atoms with Crippen LogP contribution >= 0.6 is 0 Å². The summed E-state index contributed by atoms with van der Waals surface area (Å²) in [6, 6.07) is 1.80. The van der Waals surface area contributed by atoms with Gasteiger partial charge in [0.25, 0.3) is 0 Å². The lowest BCUT2D eigenvalue weighted by atomic mass is 9.92. The number of unbranched alkanes of at least 4 members (excludes halogenated alkanes) is 4. The molecule has 2 heterocycles. The number of nitrogens with one attached hydrogen (secondary N) is 1. The molecule has 0 amide bonds. The minimum Gasteiger partial charge on any atom is -0.481 e. The van der Waals surface area contributed by atoms with Gasteiger partial charge in [-0.2, -0.15) is 0 Å². The van der Waals surface area contributed by atoms with Gasteiger partial charge in [-0.25, -0.2) is 19.9 Å². The molecule has 1 unspecified atom stereocenters. The highest BCUT2D eigenvalue weighted by Crippen LogP contribution is 2.25. The van der Waals surface area contributed by atoms with Crippen LogP contribution in [0.4, 0.5) is 5.95 Å². The third-order valence-electron chi connectivity index (χ3n) is 4.27. The largest absolute Gasteiger partial charge is 0.481 e. The number of carboxylic acid groups (broad SMARTS) is 1. The highest BCUT2D eigenvalue weighted by atomic mass is 16.4. The monoisotopic (exact) mass is 417 g/mol. The fourth-order valence-electron chi connectivity index (χ4n) is 2.85. The summed E-state index contributed by atoms with van der Waals surface area (Å²) in [6.07, 6.45) is 13.4. The molecule has 0 bridgehead atoms. The second-order valence-corrected chi connectivity index (χ2v) is 6.41. The van der Waals surface area contributed by atoms with Crippen LogP contribution in [-0.2, 0) is 4.79 Å². The van der Waals surface area contributed by atoms with Gasteiger partial charge in [0, 0.05) is 31.3 Å². The molecule has 2 rings (SSSR count). The molecule has 7 nitrogen and oxygen atoms in total. The van der Waals surface area contributed by atoms with E-state index in [0.717, 1.165) is 50.6 Å². The van der Waals surface area contributed by atoms with Gasteiger partial charge in [-0.1, -0.05) is 53.4 Å². The predicted molar refractivity (Wildman–Crippen MR) is 123 cm³/mol. The van der Waals surface area contributed by atoms with Gasteiger partial charge >= 0.3 is 5.97 Å². The topological polar surface area (TPSA) is 101 Å². The van der Waals surface area contributed by atoms with E-state index in [1.807, 2.05) is 34.6 Å². The zero-order valence-corrected chi connectivity index (χ0v) is 19.3. The number of aliphatic carboxylic acids is 1. The van der Waals surface area contributed by atoms with Gasteiger partial charge in [-0.15, -0.1) is 0 Å². The van der Waals surface area contributed by atoms with Crippen molar-refractivity contribution in [1.82, 2.24) is 19.9 Å². The molecule has 0 saturated carbocycles. The fraction of sp³-hybridized carbons (Fsp3) is 0.609. The first-order valence-electron chi connectivity index (χ1n) is 11.2. The van der Waals surface area contributed by atoms with Gasteiger partial charge in [-0.05, 0) is 37.3 Å².